The number of amides is 3. The molecule has 4 rings (SSSR count). The average Bonchev–Trinajstić information content (AvgIpc) is 3.41. The van der Waals surface area contributed by atoms with Gasteiger partial charge in [0.25, 0.3) is 5.91 Å². The SMILES string of the molecule is CN[C@@H](C)C(=O)N[C@H](C(=O)N1CCC[C@H]1C1C=NC=C(c2ccc(F)c(C(N)=O)c2)C1)C1CCCCC1. The molecule has 1 unspecified atom stereocenters. The van der Waals surface area contributed by atoms with E-state index in [1.807, 2.05) is 11.1 Å². The first-order chi connectivity index (χ1) is 17.8. The number of nitrogens with two attached hydrogens (primary N) is 1. The lowest BCUT2D eigenvalue weighted by Gasteiger charge is -2.37. The molecule has 0 aromatic heterocycles. The molecule has 3 aliphatic rings. The molecule has 1 saturated carbocycles. The standard InChI is InChI=1S/C28H38FN5O3/c1-17(31-2)27(36)33-25(18-7-4-3-5-8-18)28(37)34-12-6-9-24(34)21-13-20(15-32-16-21)19-10-11-23(29)22(14-19)26(30)35/h10-11,14-18,21,24-25,31H,3-9,12-13H2,1-2H3,(H2,30,35)(H,33,36)/t17-,21?,24-,25-/m0/s1. The summed E-state index contributed by atoms with van der Waals surface area (Å²) in [6.45, 7) is 2.44. The Balaban J connectivity index is 1.52. The van der Waals surface area contributed by atoms with Gasteiger partial charge in [0.1, 0.15) is 11.9 Å². The quantitative estimate of drug-likeness (QED) is 0.497. The van der Waals surface area contributed by atoms with Crippen molar-refractivity contribution in [3.05, 3.63) is 41.3 Å². The van der Waals surface area contributed by atoms with Gasteiger partial charge < -0.3 is 21.3 Å². The minimum atomic E-state index is -0.813. The number of hydrogen-bond donors (Lipinski definition) is 3. The van der Waals surface area contributed by atoms with E-state index in [2.05, 4.69) is 15.6 Å². The van der Waals surface area contributed by atoms with Crippen molar-refractivity contribution < 1.29 is 18.8 Å². The number of likely N-dealkylation sites (N-methyl/N-ethyl adjacent to an activating group) is 1. The van der Waals surface area contributed by atoms with Crippen LogP contribution in [0.15, 0.2) is 29.4 Å². The van der Waals surface area contributed by atoms with Crippen LogP contribution in [0.25, 0.3) is 5.57 Å². The summed E-state index contributed by atoms with van der Waals surface area (Å²) < 4.78 is 14.0. The zero-order valence-corrected chi connectivity index (χ0v) is 21.7. The van der Waals surface area contributed by atoms with Gasteiger partial charge in [0.15, 0.2) is 0 Å². The average molecular weight is 512 g/mol. The third-order valence-corrected chi connectivity index (χ3v) is 8.15. The molecule has 2 heterocycles. The van der Waals surface area contributed by atoms with E-state index in [1.54, 1.807) is 26.2 Å². The molecule has 37 heavy (non-hydrogen) atoms. The number of carbonyl (C=O) groups is 3. The van der Waals surface area contributed by atoms with Gasteiger partial charge in [0, 0.05) is 30.9 Å². The molecular weight excluding hydrogens is 473 g/mol. The van der Waals surface area contributed by atoms with Crippen LogP contribution in [0.5, 0.6) is 0 Å². The number of allylic oxidation sites excluding steroid dienone is 1. The number of likely N-dealkylation sites (tertiary alicyclic amines) is 1. The Morgan fingerprint density at radius 2 is 1.89 bits per heavy atom. The summed E-state index contributed by atoms with van der Waals surface area (Å²) in [5.74, 6) is -1.51. The van der Waals surface area contributed by atoms with E-state index in [-0.39, 0.29) is 41.3 Å². The van der Waals surface area contributed by atoms with Crippen LogP contribution >= 0.6 is 0 Å². The molecule has 0 spiro atoms. The van der Waals surface area contributed by atoms with Crippen molar-refractivity contribution in [2.24, 2.45) is 22.6 Å². The van der Waals surface area contributed by atoms with E-state index in [4.69, 9.17) is 5.73 Å². The summed E-state index contributed by atoms with van der Waals surface area (Å²) in [6, 6.07) is 3.39. The zero-order chi connectivity index (χ0) is 26.5. The molecule has 2 aliphatic heterocycles. The lowest BCUT2D eigenvalue weighted by Crippen LogP contribution is -2.57. The molecule has 4 N–H and O–H groups in total. The fourth-order valence-electron chi connectivity index (χ4n) is 5.89. The molecule has 0 radical (unpaired) electrons. The van der Waals surface area contributed by atoms with Crippen LogP contribution in [0.1, 0.15) is 74.2 Å². The van der Waals surface area contributed by atoms with Crippen molar-refractivity contribution in [1.29, 1.82) is 0 Å². The van der Waals surface area contributed by atoms with Crippen LogP contribution in [0.4, 0.5) is 4.39 Å². The van der Waals surface area contributed by atoms with E-state index in [0.29, 0.717) is 18.5 Å². The highest BCUT2D eigenvalue weighted by Crippen LogP contribution is 2.35. The van der Waals surface area contributed by atoms with Crippen LogP contribution in [-0.4, -0.2) is 60.6 Å². The Morgan fingerprint density at radius 3 is 2.59 bits per heavy atom. The lowest BCUT2D eigenvalue weighted by molar-refractivity contribution is -0.139. The largest absolute Gasteiger partial charge is 0.366 e. The molecule has 1 saturated heterocycles. The van der Waals surface area contributed by atoms with Crippen LogP contribution in [0, 0.1) is 17.7 Å². The van der Waals surface area contributed by atoms with Gasteiger partial charge in [-0.2, -0.15) is 0 Å². The molecule has 3 amide bonds. The topological polar surface area (TPSA) is 117 Å². The van der Waals surface area contributed by atoms with Gasteiger partial charge in [0.05, 0.1) is 11.6 Å². The van der Waals surface area contributed by atoms with Crippen molar-refractivity contribution in [2.75, 3.05) is 13.6 Å². The van der Waals surface area contributed by atoms with Crippen LogP contribution in [0.2, 0.25) is 0 Å². The Kier molecular flexibility index (Phi) is 8.74. The molecule has 2 fully saturated rings. The second-order valence-corrected chi connectivity index (χ2v) is 10.5. The Labute approximate surface area is 217 Å². The number of halogens is 1. The number of nitrogens with zero attached hydrogens (tertiary/aromatic N) is 2. The van der Waals surface area contributed by atoms with Crippen molar-refractivity contribution in [3.8, 4) is 0 Å². The van der Waals surface area contributed by atoms with E-state index in [0.717, 1.165) is 44.1 Å². The van der Waals surface area contributed by atoms with Crippen molar-refractivity contribution in [1.82, 2.24) is 15.5 Å². The number of benzene rings is 1. The number of primary amides is 1. The Hall–Kier alpha value is -3.07. The first kappa shape index (κ1) is 27.0. The highest BCUT2D eigenvalue weighted by Gasteiger charge is 2.41. The molecule has 1 aromatic rings. The van der Waals surface area contributed by atoms with Gasteiger partial charge >= 0.3 is 0 Å². The van der Waals surface area contributed by atoms with Crippen molar-refractivity contribution in [3.63, 3.8) is 0 Å². The lowest BCUT2D eigenvalue weighted by atomic mass is 9.82. The predicted molar refractivity (Wildman–Crippen MR) is 141 cm³/mol. The Bertz CT molecular complexity index is 1080. The summed E-state index contributed by atoms with van der Waals surface area (Å²) in [7, 11) is 1.74. The number of nitrogens with one attached hydrogen (secondary N) is 2. The fourth-order valence-corrected chi connectivity index (χ4v) is 5.89. The van der Waals surface area contributed by atoms with Gasteiger partial charge in [-0.05, 0) is 75.3 Å². The zero-order valence-electron chi connectivity index (χ0n) is 21.7. The maximum absolute atomic E-state index is 14.0. The van der Waals surface area contributed by atoms with Crippen molar-refractivity contribution in [2.45, 2.75) is 76.4 Å². The van der Waals surface area contributed by atoms with E-state index in [9.17, 15) is 18.8 Å². The van der Waals surface area contributed by atoms with Gasteiger partial charge in [-0.1, -0.05) is 25.3 Å². The third kappa shape index (κ3) is 6.09. The summed E-state index contributed by atoms with van der Waals surface area (Å²) >= 11 is 0. The first-order valence-corrected chi connectivity index (χ1v) is 13.4. The molecule has 1 aromatic carbocycles. The monoisotopic (exact) mass is 511 g/mol. The minimum Gasteiger partial charge on any atom is -0.366 e. The molecule has 200 valence electrons. The van der Waals surface area contributed by atoms with Crippen LogP contribution < -0.4 is 16.4 Å². The summed E-state index contributed by atoms with van der Waals surface area (Å²) in [4.78, 5) is 44.8. The molecule has 4 atom stereocenters. The molecule has 1 aliphatic carbocycles. The number of rotatable bonds is 8. The Morgan fingerprint density at radius 1 is 1.14 bits per heavy atom. The molecule has 0 bridgehead atoms. The van der Waals surface area contributed by atoms with E-state index < -0.39 is 17.8 Å². The number of carbonyl (C=O) groups excluding carboxylic acids is 3. The maximum Gasteiger partial charge on any atom is 0.251 e. The highest BCUT2D eigenvalue weighted by molar-refractivity contribution is 5.94. The van der Waals surface area contributed by atoms with Crippen LogP contribution in [-0.2, 0) is 9.59 Å². The molecule has 8 nitrogen and oxygen atoms in total. The third-order valence-electron chi connectivity index (χ3n) is 8.15. The van der Waals surface area contributed by atoms with Crippen molar-refractivity contribution >= 4 is 29.5 Å². The number of hydrogen-bond acceptors (Lipinski definition) is 5. The second kappa shape index (κ2) is 12.0. The molecular formula is C28H38FN5O3. The molecule has 9 heteroatoms. The number of aliphatic imine (C=N–C) groups is 1. The minimum absolute atomic E-state index is 0.00615. The summed E-state index contributed by atoms with van der Waals surface area (Å²) in [5.41, 5.74) is 6.75. The van der Waals surface area contributed by atoms with Gasteiger partial charge in [-0.25, -0.2) is 4.39 Å². The maximum atomic E-state index is 14.0. The normalized spacial score (nSPS) is 23.9. The van der Waals surface area contributed by atoms with Crippen LogP contribution in [0.3, 0.4) is 0 Å². The fraction of sp³-hybridized carbons (Fsp3) is 0.571. The van der Waals surface area contributed by atoms with Gasteiger partial charge in [0.2, 0.25) is 11.8 Å². The second-order valence-electron chi connectivity index (χ2n) is 10.5. The van der Waals surface area contributed by atoms with E-state index in [1.165, 1.54) is 18.6 Å². The summed E-state index contributed by atoms with van der Waals surface area (Å²) in [6.07, 6.45) is 11.1. The van der Waals surface area contributed by atoms with Gasteiger partial charge in [-0.3, -0.25) is 19.4 Å². The highest BCUT2D eigenvalue weighted by atomic mass is 19.1. The smallest absolute Gasteiger partial charge is 0.251 e. The summed E-state index contributed by atoms with van der Waals surface area (Å²) in [5, 5.41) is 6.04. The predicted octanol–water partition coefficient (Wildman–Crippen LogP) is 3.02. The van der Waals surface area contributed by atoms with Gasteiger partial charge in [-0.15, -0.1) is 0 Å². The first-order valence-electron chi connectivity index (χ1n) is 13.4. The van der Waals surface area contributed by atoms with E-state index >= 15 is 0 Å².